The number of pyridine rings is 1. The van der Waals surface area contributed by atoms with Crippen molar-refractivity contribution in [3.63, 3.8) is 0 Å². The third kappa shape index (κ3) is 3.80. The van der Waals surface area contributed by atoms with Crippen LogP contribution < -0.4 is 4.74 Å². The van der Waals surface area contributed by atoms with Crippen LogP contribution in [0.4, 0.5) is 0 Å². The fourth-order valence-electron chi connectivity index (χ4n) is 2.99. The van der Waals surface area contributed by atoms with Crippen molar-refractivity contribution in [3.8, 4) is 5.75 Å². The number of hydrogen-bond acceptors (Lipinski definition) is 3. The minimum atomic E-state index is -0.815. The molecule has 0 aliphatic heterocycles. The maximum Gasteiger partial charge on any atom is 0.122 e. The smallest absolute Gasteiger partial charge is 0.122 e. The standard InChI is InChI=1S/C23H18ClNO2/c24-22-19-12-11-18(27-15-16-7-3-1-4-8-16)13-21(19)25-14-20(22)23(26)17-9-5-2-6-10-17/h1-14,23,26H,15H2. The summed E-state index contributed by atoms with van der Waals surface area (Å²) in [6.07, 6.45) is 0.813. The van der Waals surface area contributed by atoms with E-state index in [1.165, 1.54) is 0 Å². The molecule has 1 aromatic heterocycles. The van der Waals surface area contributed by atoms with Crippen molar-refractivity contribution >= 4 is 22.5 Å². The molecule has 3 nitrogen and oxygen atoms in total. The van der Waals surface area contributed by atoms with Gasteiger partial charge >= 0.3 is 0 Å². The van der Waals surface area contributed by atoms with E-state index in [1.807, 2.05) is 78.9 Å². The molecule has 4 rings (SSSR count). The molecule has 3 aromatic carbocycles. The Bertz CT molecular complexity index is 1050. The average Bonchev–Trinajstić information content (AvgIpc) is 2.73. The van der Waals surface area contributed by atoms with Crippen LogP contribution in [0.3, 0.4) is 0 Å². The van der Waals surface area contributed by atoms with Gasteiger partial charge in [0.2, 0.25) is 0 Å². The van der Waals surface area contributed by atoms with Gasteiger partial charge in [-0.2, -0.15) is 0 Å². The van der Waals surface area contributed by atoms with Gasteiger partial charge in [-0.15, -0.1) is 0 Å². The van der Waals surface area contributed by atoms with E-state index < -0.39 is 6.10 Å². The lowest BCUT2D eigenvalue weighted by Crippen LogP contribution is -2.02. The van der Waals surface area contributed by atoms with Gasteiger partial charge in [-0.3, -0.25) is 4.98 Å². The van der Waals surface area contributed by atoms with Crippen LogP contribution in [0, 0.1) is 0 Å². The van der Waals surface area contributed by atoms with E-state index in [2.05, 4.69) is 4.98 Å². The van der Waals surface area contributed by atoms with E-state index in [4.69, 9.17) is 16.3 Å². The van der Waals surface area contributed by atoms with Gasteiger partial charge in [-0.05, 0) is 23.3 Å². The Labute approximate surface area is 162 Å². The Morgan fingerprint density at radius 1 is 0.926 bits per heavy atom. The molecule has 4 aromatic rings. The molecule has 0 spiro atoms. The number of aliphatic hydroxyl groups is 1. The Kier molecular flexibility index (Phi) is 5.05. The van der Waals surface area contributed by atoms with Crippen LogP contribution in [0.5, 0.6) is 5.75 Å². The van der Waals surface area contributed by atoms with Crippen molar-refractivity contribution in [3.05, 3.63) is 107 Å². The topological polar surface area (TPSA) is 42.4 Å². The predicted octanol–water partition coefficient (Wildman–Crippen LogP) is 5.55. The van der Waals surface area contributed by atoms with Gasteiger partial charge in [0.25, 0.3) is 0 Å². The molecule has 0 radical (unpaired) electrons. The van der Waals surface area contributed by atoms with E-state index in [0.29, 0.717) is 17.2 Å². The maximum atomic E-state index is 10.6. The minimum absolute atomic E-state index is 0.491. The summed E-state index contributed by atoms with van der Waals surface area (Å²) in [6.45, 7) is 0.491. The molecule has 27 heavy (non-hydrogen) atoms. The lowest BCUT2D eigenvalue weighted by atomic mass is 10.0. The van der Waals surface area contributed by atoms with Crippen LogP contribution >= 0.6 is 11.6 Å². The van der Waals surface area contributed by atoms with Crippen molar-refractivity contribution < 1.29 is 9.84 Å². The van der Waals surface area contributed by atoms with Gasteiger partial charge in [-0.1, -0.05) is 72.3 Å². The molecule has 0 fully saturated rings. The van der Waals surface area contributed by atoms with Gasteiger partial charge in [-0.25, -0.2) is 0 Å². The zero-order valence-electron chi connectivity index (χ0n) is 14.5. The second-order valence-corrected chi connectivity index (χ2v) is 6.67. The first-order valence-corrected chi connectivity index (χ1v) is 9.08. The quantitative estimate of drug-likeness (QED) is 0.497. The highest BCUT2D eigenvalue weighted by Crippen LogP contribution is 2.34. The van der Waals surface area contributed by atoms with E-state index >= 15 is 0 Å². The fourth-order valence-corrected chi connectivity index (χ4v) is 3.30. The zero-order valence-corrected chi connectivity index (χ0v) is 15.3. The van der Waals surface area contributed by atoms with E-state index in [1.54, 1.807) is 6.20 Å². The maximum absolute atomic E-state index is 10.6. The fraction of sp³-hybridized carbons (Fsp3) is 0.0870. The molecule has 1 unspecified atom stereocenters. The molecule has 0 saturated carbocycles. The Morgan fingerprint density at radius 2 is 1.63 bits per heavy atom. The number of halogens is 1. The van der Waals surface area contributed by atoms with Crippen LogP contribution in [0.25, 0.3) is 10.9 Å². The summed E-state index contributed by atoms with van der Waals surface area (Å²) in [5.74, 6) is 0.728. The van der Waals surface area contributed by atoms with Gasteiger partial charge in [0.05, 0.1) is 10.5 Å². The van der Waals surface area contributed by atoms with Crippen molar-refractivity contribution in [1.29, 1.82) is 0 Å². The number of aliphatic hydroxyl groups excluding tert-OH is 1. The van der Waals surface area contributed by atoms with Crippen molar-refractivity contribution in [2.45, 2.75) is 12.7 Å². The first-order chi connectivity index (χ1) is 13.2. The normalized spacial score (nSPS) is 12.1. The van der Waals surface area contributed by atoms with E-state index in [9.17, 15) is 5.11 Å². The molecular formula is C23H18ClNO2. The lowest BCUT2D eigenvalue weighted by molar-refractivity contribution is 0.220. The molecule has 1 N–H and O–H groups in total. The van der Waals surface area contributed by atoms with Crippen LogP contribution in [-0.2, 0) is 6.61 Å². The summed E-state index contributed by atoms with van der Waals surface area (Å²) < 4.78 is 5.85. The summed E-state index contributed by atoms with van der Waals surface area (Å²) in [4.78, 5) is 4.48. The van der Waals surface area contributed by atoms with Crippen molar-refractivity contribution in [2.75, 3.05) is 0 Å². The molecule has 0 bridgehead atoms. The van der Waals surface area contributed by atoms with Crippen LogP contribution in [0.2, 0.25) is 5.02 Å². The third-order valence-electron chi connectivity index (χ3n) is 4.46. The number of nitrogens with zero attached hydrogens (tertiary/aromatic N) is 1. The summed E-state index contributed by atoms with van der Waals surface area (Å²) >= 11 is 6.57. The third-order valence-corrected chi connectivity index (χ3v) is 4.88. The summed E-state index contributed by atoms with van der Waals surface area (Å²) in [7, 11) is 0. The highest BCUT2D eigenvalue weighted by atomic mass is 35.5. The molecule has 0 saturated heterocycles. The monoisotopic (exact) mass is 375 g/mol. The number of aromatic nitrogens is 1. The number of ether oxygens (including phenoxy) is 1. The van der Waals surface area contributed by atoms with Crippen molar-refractivity contribution in [2.24, 2.45) is 0 Å². The van der Waals surface area contributed by atoms with Crippen LogP contribution in [-0.4, -0.2) is 10.1 Å². The molecular weight excluding hydrogens is 358 g/mol. The van der Waals surface area contributed by atoms with Gasteiger partial charge in [0, 0.05) is 23.2 Å². The lowest BCUT2D eigenvalue weighted by Gasteiger charge is -2.15. The number of fused-ring (bicyclic) bond motifs is 1. The molecule has 0 aliphatic rings. The number of benzene rings is 3. The zero-order chi connectivity index (χ0) is 18.6. The average molecular weight is 376 g/mol. The van der Waals surface area contributed by atoms with Gasteiger partial charge in [0.1, 0.15) is 18.5 Å². The van der Waals surface area contributed by atoms with Gasteiger partial charge < -0.3 is 9.84 Å². The highest BCUT2D eigenvalue weighted by Gasteiger charge is 2.16. The largest absolute Gasteiger partial charge is 0.489 e. The molecule has 134 valence electrons. The Balaban J connectivity index is 1.60. The first kappa shape index (κ1) is 17.5. The first-order valence-electron chi connectivity index (χ1n) is 8.70. The predicted molar refractivity (Wildman–Crippen MR) is 108 cm³/mol. The molecule has 4 heteroatoms. The second kappa shape index (κ2) is 7.78. The van der Waals surface area contributed by atoms with Crippen LogP contribution in [0.15, 0.2) is 85.1 Å². The van der Waals surface area contributed by atoms with Crippen LogP contribution in [0.1, 0.15) is 22.8 Å². The Morgan fingerprint density at radius 3 is 2.37 bits per heavy atom. The summed E-state index contributed by atoms with van der Waals surface area (Å²) in [5, 5.41) is 11.9. The molecule has 0 amide bonds. The molecule has 1 heterocycles. The minimum Gasteiger partial charge on any atom is -0.489 e. The summed E-state index contributed by atoms with van der Waals surface area (Å²) in [6, 6.07) is 25.0. The molecule has 0 aliphatic carbocycles. The van der Waals surface area contributed by atoms with E-state index in [-0.39, 0.29) is 0 Å². The highest BCUT2D eigenvalue weighted by molar-refractivity contribution is 6.36. The SMILES string of the molecule is OC(c1ccccc1)c1cnc2cc(OCc3ccccc3)ccc2c1Cl. The van der Waals surface area contributed by atoms with Gasteiger partial charge in [0.15, 0.2) is 0 Å². The Hall–Kier alpha value is -2.88. The summed E-state index contributed by atoms with van der Waals surface area (Å²) in [5.41, 5.74) is 3.20. The number of hydrogen-bond donors (Lipinski definition) is 1. The second-order valence-electron chi connectivity index (χ2n) is 6.29. The molecule has 1 atom stereocenters. The van der Waals surface area contributed by atoms with Crippen molar-refractivity contribution in [1.82, 2.24) is 4.98 Å². The number of rotatable bonds is 5. The van der Waals surface area contributed by atoms with E-state index in [0.717, 1.165) is 27.8 Å².